The summed E-state index contributed by atoms with van der Waals surface area (Å²) >= 11 is 0. The lowest BCUT2D eigenvalue weighted by Crippen LogP contribution is -2.49. The molecule has 7 nitrogen and oxygen atoms in total. The molecule has 2 atom stereocenters. The van der Waals surface area contributed by atoms with E-state index >= 15 is 0 Å². The van der Waals surface area contributed by atoms with Crippen molar-refractivity contribution < 1.29 is 14.3 Å². The number of pyridine rings is 1. The van der Waals surface area contributed by atoms with Gasteiger partial charge in [-0.3, -0.25) is 14.4 Å². The number of ketones is 1. The minimum Gasteiger partial charge on any atom is -0.379 e. The second-order valence-electron chi connectivity index (χ2n) is 8.75. The van der Waals surface area contributed by atoms with Crippen molar-refractivity contribution in [2.75, 3.05) is 19.8 Å². The largest absolute Gasteiger partial charge is 0.379 e. The quantitative estimate of drug-likeness (QED) is 0.774. The number of nitrogens with two attached hydrogens (primary N) is 1. The van der Waals surface area contributed by atoms with Gasteiger partial charge in [0.1, 0.15) is 5.56 Å². The van der Waals surface area contributed by atoms with E-state index in [1.165, 1.54) is 6.07 Å². The molecule has 2 unspecified atom stereocenters. The Morgan fingerprint density at radius 1 is 1.35 bits per heavy atom. The van der Waals surface area contributed by atoms with E-state index in [1.54, 1.807) is 4.90 Å². The van der Waals surface area contributed by atoms with Crippen LogP contribution in [0.15, 0.2) is 10.9 Å². The van der Waals surface area contributed by atoms with Gasteiger partial charge in [0, 0.05) is 36.9 Å². The third kappa shape index (κ3) is 2.70. The second kappa shape index (κ2) is 5.76. The van der Waals surface area contributed by atoms with E-state index in [2.05, 4.69) is 4.98 Å². The topological polar surface area (TPSA) is 105 Å². The predicted octanol–water partition coefficient (Wildman–Crippen LogP) is 0.862. The molecule has 3 heterocycles. The Morgan fingerprint density at radius 2 is 2.12 bits per heavy atom. The first-order valence-corrected chi connectivity index (χ1v) is 9.16. The summed E-state index contributed by atoms with van der Waals surface area (Å²) in [7, 11) is 0. The predicted molar refractivity (Wildman–Crippen MR) is 95.3 cm³/mol. The molecule has 0 aromatic carbocycles. The molecule has 26 heavy (non-hydrogen) atoms. The van der Waals surface area contributed by atoms with Gasteiger partial charge < -0.3 is 20.4 Å². The van der Waals surface area contributed by atoms with Gasteiger partial charge in [-0.25, -0.2) is 0 Å². The minimum atomic E-state index is -0.436. The van der Waals surface area contributed by atoms with E-state index in [9.17, 15) is 14.4 Å². The summed E-state index contributed by atoms with van der Waals surface area (Å²) < 4.78 is 5.52. The molecule has 2 aliphatic heterocycles. The van der Waals surface area contributed by atoms with Crippen LogP contribution < -0.4 is 11.3 Å². The highest BCUT2D eigenvalue weighted by Gasteiger charge is 2.50. The third-order valence-corrected chi connectivity index (χ3v) is 5.91. The molecule has 3 N–H and O–H groups in total. The maximum Gasteiger partial charge on any atom is 0.261 e. The number of amides is 1. The van der Waals surface area contributed by atoms with Crippen molar-refractivity contribution in [1.29, 1.82) is 0 Å². The van der Waals surface area contributed by atoms with Crippen LogP contribution in [0.1, 0.15) is 59.5 Å². The van der Waals surface area contributed by atoms with Crippen LogP contribution in [-0.2, 0) is 11.2 Å². The van der Waals surface area contributed by atoms with Gasteiger partial charge in [-0.2, -0.15) is 0 Å². The number of carbonyl (C=O) groups is 2. The molecule has 1 amide bonds. The van der Waals surface area contributed by atoms with E-state index in [0.29, 0.717) is 50.3 Å². The molecule has 1 aromatic rings. The fraction of sp³-hybridized carbons (Fsp3) is 0.632. The van der Waals surface area contributed by atoms with Crippen LogP contribution in [0.25, 0.3) is 0 Å². The molecule has 0 bridgehead atoms. The molecular formula is C19H25N3O4. The number of hydrogen-bond acceptors (Lipinski definition) is 5. The van der Waals surface area contributed by atoms with Crippen molar-refractivity contribution in [1.82, 2.24) is 9.88 Å². The van der Waals surface area contributed by atoms with E-state index in [0.717, 1.165) is 6.42 Å². The summed E-state index contributed by atoms with van der Waals surface area (Å²) in [6.07, 6.45) is 2.42. The SMILES string of the molecule is CC1(C)CC(=O)c2cc(C(=O)N3CC(N)CC34CCOC4)c(=O)[nH]c2C1. The standard InChI is InChI=1S/C19H25N3O4/c1-18(2)7-14-12(15(23)8-18)5-13(16(24)21-14)17(25)22-9-11(20)6-19(22)3-4-26-10-19/h5,11H,3-4,6-10,20H2,1-2H3,(H,21,24). The van der Waals surface area contributed by atoms with E-state index in [1.807, 2.05) is 13.8 Å². The monoisotopic (exact) mass is 359 g/mol. The Kier molecular flexibility index (Phi) is 3.86. The number of Topliss-reactive ketones (excluding diaryl/α,β-unsaturated/α-hetero) is 1. The van der Waals surface area contributed by atoms with E-state index in [4.69, 9.17) is 10.5 Å². The molecule has 3 aliphatic rings. The first-order chi connectivity index (χ1) is 12.2. The van der Waals surface area contributed by atoms with Gasteiger partial charge in [-0.15, -0.1) is 0 Å². The molecule has 4 rings (SSSR count). The first kappa shape index (κ1) is 17.4. The number of fused-ring (bicyclic) bond motifs is 1. The zero-order valence-corrected chi connectivity index (χ0v) is 15.3. The molecule has 7 heteroatoms. The van der Waals surface area contributed by atoms with Crippen molar-refractivity contribution in [2.45, 2.75) is 51.1 Å². The number of hydrogen-bond donors (Lipinski definition) is 2. The van der Waals surface area contributed by atoms with E-state index in [-0.39, 0.29) is 28.7 Å². The van der Waals surface area contributed by atoms with Gasteiger partial charge >= 0.3 is 0 Å². The number of carbonyl (C=O) groups excluding carboxylic acids is 2. The number of ether oxygens (including phenoxy) is 1. The summed E-state index contributed by atoms with van der Waals surface area (Å²) in [6, 6.07) is 1.36. The van der Waals surface area contributed by atoms with Gasteiger partial charge in [-0.05, 0) is 30.7 Å². The first-order valence-electron chi connectivity index (χ1n) is 9.16. The lowest BCUT2D eigenvalue weighted by Gasteiger charge is -2.34. The third-order valence-electron chi connectivity index (χ3n) is 5.91. The van der Waals surface area contributed by atoms with Crippen LogP contribution >= 0.6 is 0 Å². The highest BCUT2D eigenvalue weighted by molar-refractivity contribution is 6.02. The molecule has 2 fully saturated rings. The van der Waals surface area contributed by atoms with Crippen molar-refractivity contribution in [3.8, 4) is 0 Å². The average molecular weight is 359 g/mol. The average Bonchev–Trinajstić information content (AvgIpc) is 3.12. The Hall–Kier alpha value is -1.99. The lowest BCUT2D eigenvalue weighted by atomic mass is 9.75. The Balaban J connectivity index is 1.72. The van der Waals surface area contributed by atoms with Gasteiger partial charge in [0.2, 0.25) is 0 Å². The molecule has 2 saturated heterocycles. The smallest absolute Gasteiger partial charge is 0.261 e. The highest BCUT2D eigenvalue weighted by Crippen LogP contribution is 2.37. The maximum atomic E-state index is 13.2. The summed E-state index contributed by atoms with van der Waals surface area (Å²) in [5.41, 5.74) is 6.18. The fourth-order valence-corrected chi connectivity index (χ4v) is 4.69. The molecule has 1 spiro atoms. The van der Waals surface area contributed by atoms with Crippen molar-refractivity contribution >= 4 is 11.7 Å². The summed E-state index contributed by atoms with van der Waals surface area (Å²) in [6.45, 7) is 5.44. The highest BCUT2D eigenvalue weighted by atomic mass is 16.5. The molecule has 1 aromatic heterocycles. The lowest BCUT2D eigenvalue weighted by molar-refractivity contribution is 0.0548. The molecule has 140 valence electrons. The van der Waals surface area contributed by atoms with Crippen LogP contribution in [-0.4, -0.2) is 52.9 Å². The van der Waals surface area contributed by atoms with Crippen LogP contribution in [0.5, 0.6) is 0 Å². The molecule has 0 saturated carbocycles. The second-order valence-corrected chi connectivity index (χ2v) is 8.75. The van der Waals surface area contributed by atoms with Gasteiger partial charge in [0.05, 0.1) is 12.1 Å². The van der Waals surface area contributed by atoms with Crippen molar-refractivity contribution in [3.63, 3.8) is 0 Å². The van der Waals surface area contributed by atoms with E-state index < -0.39 is 11.1 Å². The molecule has 1 aliphatic carbocycles. The normalized spacial score (nSPS) is 30.0. The number of H-pyrrole nitrogens is 1. The Labute approximate surface area is 151 Å². The van der Waals surface area contributed by atoms with Crippen LogP contribution in [0.4, 0.5) is 0 Å². The number of rotatable bonds is 1. The number of likely N-dealkylation sites (tertiary alicyclic amines) is 1. The summed E-state index contributed by atoms with van der Waals surface area (Å²) in [4.78, 5) is 42.8. The number of aromatic amines is 1. The maximum absolute atomic E-state index is 13.2. The van der Waals surface area contributed by atoms with Crippen LogP contribution in [0.2, 0.25) is 0 Å². The fourth-order valence-electron chi connectivity index (χ4n) is 4.69. The van der Waals surface area contributed by atoms with Gasteiger partial charge in [-0.1, -0.05) is 13.8 Å². The number of nitrogens with one attached hydrogen (secondary N) is 1. The minimum absolute atomic E-state index is 0.0252. The Bertz CT molecular complexity index is 836. The zero-order chi connectivity index (χ0) is 18.7. The number of nitrogens with zero attached hydrogens (tertiary/aromatic N) is 1. The van der Waals surface area contributed by atoms with Crippen LogP contribution in [0, 0.1) is 5.41 Å². The van der Waals surface area contributed by atoms with Crippen molar-refractivity contribution in [3.05, 3.63) is 33.2 Å². The zero-order valence-electron chi connectivity index (χ0n) is 15.3. The number of aromatic nitrogens is 1. The Morgan fingerprint density at radius 3 is 2.81 bits per heavy atom. The van der Waals surface area contributed by atoms with Gasteiger partial charge in [0.25, 0.3) is 11.5 Å². The molecule has 0 radical (unpaired) electrons. The molecular weight excluding hydrogens is 334 g/mol. The summed E-state index contributed by atoms with van der Waals surface area (Å²) in [5.74, 6) is -0.385. The van der Waals surface area contributed by atoms with Gasteiger partial charge in [0.15, 0.2) is 5.78 Å². The summed E-state index contributed by atoms with van der Waals surface area (Å²) in [5, 5.41) is 0. The van der Waals surface area contributed by atoms with Crippen molar-refractivity contribution in [2.24, 2.45) is 11.1 Å². The van der Waals surface area contributed by atoms with Crippen LogP contribution in [0.3, 0.4) is 0 Å².